The van der Waals surface area contributed by atoms with Gasteiger partial charge in [0.05, 0.1) is 0 Å². The number of aryl methyl sites for hydroxylation is 1. The maximum atomic E-state index is 12.8. The molecule has 1 aromatic heterocycles. The van der Waals surface area contributed by atoms with Gasteiger partial charge in [0.1, 0.15) is 5.82 Å². The number of aromatic amines is 1. The molecule has 1 aliphatic rings. The van der Waals surface area contributed by atoms with Gasteiger partial charge in [0.15, 0.2) is 20.4 Å². The molecule has 26 heavy (non-hydrogen) atoms. The van der Waals surface area contributed by atoms with Crippen molar-refractivity contribution in [1.82, 2.24) is 20.5 Å². The smallest absolute Gasteiger partial charge is 0.245 e. The van der Waals surface area contributed by atoms with Gasteiger partial charge in [0.2, 0.25) is 5.91 Å². The molecule has 1 aliphatic heterocycles. The third-order valence-electron chi connectivity index (χ3n) is 4.51. The number of carbonyl (C=O) groups is 1. The molecule has 3 N–H and O–H groups in total. The lowest BCUT2D eigenvalue weighted by Gasteiger charge is -2.34. The molecule has 0 saturated carbocycles. The Morgan fingerprint density at radius 2 is 1.96 bits per heavy atom. The fraction of sp³-hybridized carbons (Fsp3) is 0.438. The summed E-state index contributed by atoms with van der Waals surface area (Å²) in [6.07, 6.45) is 1.65. The van der Waals surface area contributed by atoms with Crippen LogP contribution in [0.15, 0.2) is 24.3 Å². The van der Waals surface area contributed by atoms with Crippen LogP contribution >= 0.6 is 12.4 Å². The Morgan fingerprint density at radius 3 is 2.54 bits per heavy atom. The van der Waals surface area contributed by atoms with Crippen LogP contribution in [0.25, 0.3) is 11.4 Å². The molecule has 0 spiro atoms. The Labute approximate surface area is 158 Å². The minimum Gasteiger partial charge on any atom is -0.325 e. The van der Waals surface area contributed by atoms with Gasteiger partial charge >= 0.3 is 0 Å². The predicted octanol–water partition coefficient (Wildman–Crippen LogP) is 1.31. The molecule has 1 aromatic carbocycles. The number of aromatic nitrogens is 3. The van der Waals surface area contributed by atoms with Crippen molar-refractivity contribution in [1.29, 1.82) is 0 Å². The van der Waals surface area contributed by atoms with Gasteiger partial charge in [-0.3, -0.25) is 9.89 Å². The number of carbonyl (C=O) groups excluding carboxylic acids is 1. The summed E-state index contributed by atoms with van der Waals surface area (Å²) in [6, 6.07) is 7.05. The van der Waals surface area contributed by atoms with E-state index < -0.39 is 20.5 Å². The second-order valence-electron chi connectivity index (χ2n) is 6.30. The SMILES string of the molecule is Cc1nc(-c2cccc(NC(=O)C3(S(C)(=O)=O)CCNCC3)c2)n[nH]1.Cl. The number of benzene rings is 1. The van der Waals surface area contributed by atoms with Gasteiger partial charge in [-0.25, -0.2) is 13.4 Å². The number of amides is 1. The average Bonchev–Trinajstić information content (AvgIpc) is 3.01. The van der Waals surface area contributed by atoms with Crippen molar-refractivity contribution in [2.24, 2.45) is 0 Å². The van der Waals surface area contributed by atoms with Crippen LogP contribution in [0.5, 0.6) is 0 Å². The van der Waals surface area contributed by atoms with Gasteiger partial charge in [-0.2, -0.15) is 5.10 Å². The van der Waals surface area contributed by atoms with Gasteiger partial charge < -0.3 is 10.6 Å². The highest BCUT2D eigenvalue weighted by molar-refractivity contribution is 7.92. The van der Waals surface area contributed by atoms with E-state index in [1.165, 1.54) is 0 Å². The van der Waals surface area contributed by atoms with Crippen molar-refractivity contribution < 1.29 is 13.2 Å². The van der Waals surface area contributed by atoms with E-state index in [0.29, 0.717) is 30.4 Å². The van der Waals surface area contributed by atoms with Crippen molar-refractivity contribution in [3.63, 3.8) is 0 Å². The van der Waals surface area contributed by atoms with E-state index in [-0.39, 0.29) is 25.2 Å². The maximum absolute atomic E-state index is 12.8. The normalized spacial score (nSPS) is 16.5. The number of piperidine rings is 1. The number of rotatable bonds is 4. The highest BCUT2D eigenvalue weighted by Crippen LogP contribution is 2.30. The standard InChI is InChI=1S/C16H21N5O3S.ClH/c1-11-18-14(21-20-11)12-4-3-5-13(10-12)19-15(22)16(25(2,23)24)6-8-17-9-7-16;/h3-5,10,17H,6-9H2,1-2H3,(H,19,22)(H,18,20,21);1H. The Kier molecular flexibility index (Phi) is 6.05. The highest BCUT2D eigenvalue weighted by atomic mass is 35.5. The first-order chi connectivity index (χ1) is 11.8. The van der Waals surface area contributed by atoms with Crippen LogP contribution in [0.4, 0.5) is 5.69 Å². The van der Waals surface area contributed by atoms with Crippen LogP contribution in [0.1, 0.15) is 18.7 Å². The van der Waals surface area contributed by atoms with Crippen LogP contribution in [-0.4, -0.2) is 53.6 Å². The summed E-state index contributed by atoms with van der Waals surface area (Å²) in [7, 11) is -3.55. The predicted molar refractivity (Wildman–Crippen MR) is 102 cm³/mol. The molecule has 8 nitrogen and oxygen atoms in total. The van der Waals surface area contributed by atoms with E-state index in [2.05, 4.69) is 25.8 Å². The molecule has 1 saturated heterocycles. The Morgan fingerprint density at radius 1 is 1.27 bits per heavy atom. The zero-order valence-electron chi connectivity index (χ0n) is 14.6. The molecular formula is C16H22ClN5O3S. The zero-order chi connectivity index (χ0) is 18.1. The minimum atomic E-state index is -3.55. The fourth-order valence-corrected chi connectivity index (χ4v) is 4.38. The van der Waals surface area contributed by atoms with E-state index in [1.807, 2.05) is 6.07 Å². The first-order valence-electron chi connectivity index (χ1n) is 8.03. The van der Waals surface area contributed by atoms with E-state index in [9.17, 15) is 13.2 Å². The number of nitrogens with zero attached hydrogens (tertiary/aromatic N) is 2. The van der Waals surface area contributed by atoms with Crippen LogP contribution in [0, 0.1) is 6.92 Å². The lowest BCUT2D eigenvalue weighted by molar-refractivity contribution is -0.119. The number of nitrogens with one attached hydrogen (secondary N) is 3. The van der Waals surface area contributed by atoms with Crippen molar-refractivity contribution in [3.8, 4) is 11.4 Å². The number of anilines is 1. The molecule has 1 fully saturated rings. The number of hydrogen-bond donors (Lipinski definition) is 3. The summed E-state index contributed by atoms with van der Waals surface area (Å²) in [4.78, 5) is 17.1. The molecule has 2 heterocycles. The first-order valence-corrected chi connectivity index (χ1v) is 9.92. The molecule has 0 radical (unpaired) electrons. The molecule has 10 heteroatoms. The number of sulfone groups is 1. The molecule has 1 amide bonds. The Bertz CT molecular complexity index is 891. The largest absolute Gasteiger partial charge is 0.325 e. The third-order valence-corrected chi connectivity index (χ3v) is 6.52. The lowest BCUT2D eigenvalue weighted by Crippen LogP contribution is -2.55. The van der Waals surface area contributed by atoms with Gasteiger partial charge in [0, 0.05) is 17.5 Å². The molecule has 0 atom stereocenters. The molecule has 2 aromatic rings. The second-order valence-corrected chi connectivity index (χ2v) is 8.62. The minimum absolute atomic E-state index is 0. The van der Waals surface area contributed by atoms with E-state index in [4.69, 9.17) is 0 Å². The summed E-state index contributed by atoms with van der Waals surface area (Å²) in [5.74, 6) is 0.725. The lowest BCUT2D eigenvalue weighted by atomic mass is 9.95. The average molecular weight is 400 g/mol. The summed E-state index contributed by atoms with van der Waals surface area (Å²) in [6.45, 7) is 2.79. The number of hydrogen-bond acceptors (Lipinski definition) is 6. The third kappa shape index (κ3) is 3.89. The molecule has 3 rings (SSSR count). The summed E-state index contributed by atoms with van der Waals surface area (Å²) in [5, 5.41) is 12.7. The summed E-state index contributed by atoms with van der Waals surface area (Å²) >= 11 is 0. The van der Waals surface area contributed by atoms with Crippen LogP contribution in [0.3, 0.4) is 0 Å². The van der Waals surface area contributed by atoms with Crippen molar-refractivity contribution in [3.05, 3.63) is 30.1 Å². The van der Waals surface area contributed by atoms with Crippen LogP contribution < -0.4 is 10.6 Å². The van der Waals surface area contributed by atoms with Crippen LogP contribution in [-0.2, 0) is 14.6 Å². The van der Waals surface area contributed by atoms with Gasteiger partial charge in [0.25, 0.3) is 0 Å². The number of halogens is 1. The van der Waals surface area contributed by atoms with Crippen molar-refractivity contribution in [2.45, 2.75) is 24.5 Å². The number of H-pyrrole nitrogens is 1. The summed E-state index contributed by atoms with van der Waals surface area (Å²) < 4.78 is 23.2. The van der Waals surface area contributed by atoms with E-state index in [1.54, 1.807) is 25.1 Å². The van der Waals surface area contributed by atoms with Crippen molar-refractivity contribution >= 4 is 33.8 Å². The molecule has 0 aliphatic carbocycles. The van der Waals surface area contributed by atoms with E-state index in [0.717, 1.165) is 11.8 Å². The van der Waals surface area contributed by atoms with Gasteiger partial charge in [-0.1, -0.05) is 12.1 Å². The van der Waals surface area contributed by atoms with E-state index >= 15 is 0 Å². The van der Waals surface area contributed by atoms with Crippen LogP contribution in [0.2, 0.25) is 0 Å². The molecule has 0 unspecified atom stereocenters. The van der Waals surface area contributed by atoms with Crippen molar-refractivity contribution in [2.75, 3.05) is 24.7 Å². The van der Waals surface area contributed by atoms with Gasteiger partial charge in [-0.05, 0) is 45.0 Å². The second kappa shape index (κ2) is 7.73. The Balaban J connectivity index is 0.00000243. The molecule has 142 valence electrons. The van der Waals surface area contributed by atoms with Gasteiger partial charge in [-0.15, -0.1) is 12.4 Å². The fourth-order valence-electron chi connectivity index (χ4n) is 3.05. The highest BCUT2D eigenvalue weighted by Gasteiger charge is 2.48. The monoisotopic (exact) mass is 399 g/mol. The maximum Gasteiger partial charge on any atom is 0.245 e. The first kappa shape index (κ1) is 20.3. The topological polar surface area (TPSA) is 117 Å². The zero-order valence-corrected chi connectivity index (χ0v) is 16.2. The summed E-state index contributed by atoms with van der Waals surface area (Å²) in [5.41, 5.74) is 1.26. The quantitative estimate of drug-likeness (QED) is 0.713. The molecular weight excluding hydrogens is 378 g/mol. The molecule has 0 bridgehead atoms. The Hall–Kier alpha value is -1.97.